The first-order chi connectivity index (χ1) is 8.88. The predicted octanol–water partition coefficient (Wildman–Crippen LogP) is 5.75. The summed E-state index contributed by atoms with van der Waals surface area (Å²) in [4.78, 5) is 0. The van der Waals surface area contributed by atoms with Gasteiger partial charge in [0.15, 0.2) is 5.75 Å². The van der Waals surface area contributed by atoms with Gasteiger partial charge in [0.2, 0.25) is 0 Å². The van der Waals surface area contributed by atoms with Crippen LogP contribution < -0.4 is 10.5 Å². The lowest BCUT2D eigenvalue weighted by molar-refractivity contribution is 0.484. The molecular weight excluding hydrogens is 349 g/mol. The number of hydrogen-bond donors (Lipinski definition) is 1. The average Bonchev–Trinajstić information content (AvgIpc) is 2.33. The number of nitrogens with two attached hydrogens (primary N) is 1. The van der Waals surface area contributed by atoms with Gasteiger partial charge in [-0.05, 0) is 43.2 Å². The Balaban J connectivity index is 2.39. The molecule has 2 nitrogen and oxygen atoms in total. The maximum absolute atomic E-state index is 5.96. The fourth-order valence-corrected chi connectivity index (χ4v) is 2.28. The van der Waals surface area contributed by atoms with Gasteiger partial charge in [-0.3, -0.25) is 0 Å². The van der Waals surface area contributed by atoms with Crippen LogP contribution in [0.3, 0.4) is 0 Å². The van der Waals surface area contributed by atoms with Crippen molar-refractivity contribution in [3.63, 3.8) is 0 Å². The Labute approximate surface area is 130 Å². The Hall–Kier alpha value is -0.900. The lowest BCUT2D eigenvalue weighted by atomic mass is 10.1. The van der Waals surface area contributed by atoms with Crippen molar-refractivity contribution in [3.05, 3.63) is 49.9 Å². The van der Waals surface area contributed by atoms with Gasteiger partial charge in [0.1, 0.15) is 5.75 Å². The first kappa shape index (κ1) is 14.5. The summed E-state index contributed by atoms with van der Waals surface area (Å²) >= 11 is 15.4. The highest BCUT2D eigenvalue weighted by Crippen LogP contribution is 2.36. The molecule has 2 rings (SSSR count). The summed E-state index contributed by atoms with van der Waals surface area (Å²) in [5.74, 6) is 1.21. The monoisotopic (exact) mass is 359 g/mol. The molecule has 2 aromatic rings. The van der Waals surface area contributed by atoms with Crippen LogP contribution in [0.25, 0.3) is 0 Å². The van der Waals surface area contributed by atoms with E-state index in [1.54, 1.807) is 12.1 Å². The first-order valence-electron chi connectivity index (χ1n) is 5.57. The Bertz CT molecular complexity index is 621. The maximum atomic E-state index is 5.96. The molecule has 0 unspecified atom stereocenters. The first-order valence-corrected chi connectivity index (χ1v) is 7.12. The van der Waals surface area contributed by atoms with Gasteiger partial charge in [0.05, 0.1) is 15.7 Å². The number of anilines is 1. The largest absolute Gasteiger partial charge is 0.455 e. The van der Waals surface area contributed by atoms with E-state index in [0.717, 1.165) is 15.6 Å². The number of aryl methyl sites for hydroxylation is 2. The van der Waals surface area contributed by atoms with Crippen molar-refractivity contribution in [1.82, 2.24) is 0 Å². The van der Waals surface area contributed by atoms with E-state index in [4.69, 9.17) is 33.7 Å². The average molecular weight is 361 g/mol. The highest BCUT2D eigenvalue weighted by atomic mass is 79.9. The molecule has 2 aromatic carbocycles. The highest BCUT2D eigenvalue weighted by Gasteiger charge is 2.09. The predicted molar refractivity (Wildman–Crippen MR) is 84.6 cm³/mol. The van der Waals surface area contributed by atoms with Gasteiger partial charge in [0, 0.05) is 10.5 Å². The van der Waals surface area contributed by atoms with E-state index in [-0.39, 0.29) is 0 Å². The third kappa shape index (κ3) is 3.16. The Morgan fingerprint density at radius 1 is 1.00 bits per heavy atom. The van der Waals surface area contributed by atoms with Crippen LogP contribution in [0.2, 0.25) is 10.0 Å². The van der Waals surface area contributed by atoms with E-state index in [1.807, 2.05) is 26.0 Å². The molecule has 0 aliphatic heterocycles. The topological polar surface area (TPSA) is 35.2 Å². The number of rotatable bonds is 2. The van der Waals surface area contributed by atoms with Crippen LogP contribution in [0, 0.1) is 13.8 Å². The molecule has 0 aliphatic carbocycles. The van der Waals surface area contributed by atoms with Crippen LogP contribution >= 0.6 is 39.1 Å². The number of halogens is 3. The van der Waals surface area contributed by atoms with Crippen LogP contribution in [0.4, 0.5) is 5.69 Å². The third-order valence-electron chi connectivity index (χ3n) is 2.69. The van der Waals surface area contributed by atoms with Gasteiger partial charge < -0.3 is 10.5 Å². The molecule has 0 atom stereocenters. The minimum absolute atomic E-state index is 0.412. The normalized spacial score (nSPS) is 10.6. The Morgan fingerprint density at radius 3 is 2.11 bits per heavy atom. The van der Waals surface area contributed by atoms with Crippen LogP contribution in [-0.2, 0) is 0 Å². The molecule has 0 saturated heterocycles. The number of nitrogen functional groups attached to an aromatic ring is 1. The van der Waals surface area contributed by atoms with Crippen molar-refractivity contribution < 1.29 is 4.74 Å². The van der Waals surface area contributed by atoms with Gasteiger partial charge in [-0.2, -0.15) is 0 Å². The van der Waals surface area contributed by atoms with Gasteiger partial charge in [-0.1, -0.05) is 39.1 Å². The van der Waals surface area contributed by atoms with Crippen LogP contribution in [-0.4, -0.2) is 0 Å². The minimum Gasteiger partial charge on any atom is -0.455 e. The minimum atomic E-state index is 0.412. The molecule has 2 N–H and O–H groups in total. The molecule has 0 fully saturated rings. The summed E-state index contributed by atoms with van der Waals surface area (Å²) in [7, 11) is 0. The molecule has 0 bridgehead atoms. The maximum Gasteiger partial charge on any atom is 0.151 e. The molecule has 19 heavy (non-hydrogen) atoms. The second-order valence-corrected chi connectivity index (χ2v) is 5.88. The molecular formula is C14H12BrCl2NO. The van der Waals surface area contributed by atoms with Crippen molar-refractivity contribution >= 4 is 44.8 Å². The van der Waals surface area contributed by atoms with E-state index in [9.17, 15) is 0 Å². The summed E-state index contributed by atoms with van der Waals surface area (Å²) in [5, 5.41) is 0.825. The number of ether oxygens (including phenoxy) is 1. The summed E-state index contributed by atoms with van der Waals surface area (Å²) in [6.45, 7) is 4.00. The van der Waals surface area contributed by atoms with Gasteiger partial charge in [-0.15, -0.1) is 0 Å². The van der Waals surface area contributed by atoms with Crippen molar-refractivity contribution in [3.8, 4) is 11.5 Å². The second kappa shape index (κ2) is 5.61. The fraction of sp³-hybridized carbons (Fsp3) is 0.143. The fourth-order valence-electron chi connectivity index (χ4n) is 1.72. The van der Waals surface area contributed by atoms with Crippen molar-refractivity contribution in [2.75, 3.05) is 5.73 Å². The quantitative estimate of drug-likeness (QED) is 0.692. The Kier molecular flexibility index (Phi) is 4.29. The van der Waals surface area contributed by atoms with Crippen LogP contribution in [0.15, 0.2) is 28.7 Å². The summed E-state index contributed by atoms with van der Waals surface area (Å²) in [6, 6.07) is 7.06. The van der Waals surface area contributed by atoms with E-state index < -0.39 is 0 Å². The lowest BCUT2D eigenvalue weighted by Crippen LogP contribution is -1.94. The zero-order valence-electron chi connectivity index (χ0n) is 10.4. The van der Waals surface area contributed by atoms with E-state index in [1.165, 1.54) is 0 Å². The van der Waals surface area contributed by atoms with E-state index in [2.05, 4.69) is 15.9 Å². The lowest BCUT2D eigenvalue weighted by Gasteiger charge is -2.12. The van der Waals surface area contributed by atoms with Crippen LogP contribution in [0.1, 0.15) is 11.1 Å². The summed E-state index contributed by atoms with van der Waals surface area (Å²) in [6.07, 6.45) is 0. The zero-order chi connectivity index (χ0) is 14.2. The highest BCUT2D eigenvalue weighted by molar-refractivity contribution is 9.10. The SMILES string of the molecule is Cc1cc(Oc2cc(Cl)c(Cl)cc2N)cc(C)c1Br. The molecule has 0 amide bonds. The second-order valence-electron chi connectivity index (χ2n) is 4.28. The van der Waals surface area contributed by atoms with E-state index in [0.29, 0.717) is 27.2 Å². The standard InChI is InChI=1S/C14H12BrCl2NO/c1-7-3-9(4-8(2)14(7)15)19-13-6-11(17)10(16)5-12(13)18/h3-6H,18H2,1-2H3. The van der Waals surface area contributed by atoms with Crippen LogP contribution in [0.5, 0.6) is 11.5 Å². The molecule has 5 heteroatoms. The molecule has 0 aromatic heterocycles. The van der Waals surface area contributed by atoms with Gasteiger partial charge >= 0.3 is 0 Å². The number of hydrogen-bond acceptors (Lipinski definition) is 2. The third-order valence-corrected chi connectivity index (χ3v) is 4.66. The van der Waals surface area contributed by atoms with Gasteiger partial charge in [0.25, 0.3) is 0 Å². The molecule has 0 heterocycles. The van der Waals surface area contributed by atoms with Crippen molar-refractivity contribution in [1.29, 1.82) is 0 Å². The molecule has 0 spiro atoms. The smallest absolute Gasteiger partial charge is 0.151 e. The zero-order valence-corrected chi connectivity index (χ0v) is 13.5. The Morgan fingerprint density at radius 2 is 1.53 bits per heavy atom. The van der Waals surface area contributed by atoms with Gasteiger partial charge in [-0.25, -0.2) is 0 Å². The molecule has 100 valence electrons. The van der Waals surface area contributed by atoms with E-state index >= 15 is 0 Å². The summed E-state index contributed by atoms with van der Waals surface area (Å²) < 4.78 is 6.84. The molecule has 0 saturated carbocycles. The van der Waals surface area contributed by atoms with Crippen molar-refractivity contribution in [2.45, 2.75) is 13.8 Å². The summed E-state index contributed by atoms with van der Waals surface area (Å²) in [5.41, 5.74) is 8.50. The van der Waals surface area contributed by atoms with Crippen molar-refractivity contribution in [2.24, 2.45) is 0 Å². The molecule has 0 radical (unpaired) electrons. The molecule has 0 aliphatic rings. The number of benzene rings is 2.